The Kier molecular flexibility index (Phi) is 3.53. The van der Waals surface area contributed by atoms with Crippen molar-refractivity contribution in [2.75, 3.05) is 6.54 Å². The summed E-state index contributed by atoms with van der Waals surface area (Å²) in [5.41, 5.74) is 4.72. The van der Waals surface area contributed by atoms with Crippen LogP contribution in [0.1, 0.15) is 19.4 Å². The second-order valence-corrected chi connectivity index (χ2v) is 4.93. The normalized spacial score (nSPS) is 15.7. The van der Waals surface area contributed by atoms with Crippen molar-refractivity contribution >= 4 is 21.6 Å². The van der Waals surface area contributed by atoms with Crippen molar-refractivity contribution < 1.29 is 0 Å². The van der Waals surface area contributed by atoms with E-state index in [1.54, 1.807) is 0 Å². The van der Waals surface area contributed by atoms with Crippen molar-refractivity contribution in [2.24, 2.45) is 0 Å². The molecule has 0 saturated carbocycles. The number of nitrogens with zero attached hydrogens (tertiary/aromatic N) is 1. The standard InChI is InChI=1S/C15H16BrN/c1-4-17-12(3)11(2)9-10-15(17)13-7-5-6-8-14(13)16/h5-10H,3-4H2,1-2H3. The van der Waals surface area contributed by atoms with Crippen molar-refractivity contribution in [3.8, 4) is 0 Å². The molecule has 0 N–H and O–H groups in total. The molecule has 1 aliphatic heterocycles. The lowest BCUT2D eigenvalue weighted by Crippen LogP contribution is -2.23. The predicted octanol–water partition coefficient (Wildman–Crippen LogP) is 4.59. The van der Waals surface area contributed by atoms with Crippen LogP contribution < -0.4 is 0 Å². The Morgan fingerprint density at radius 3 is 2.59 bits per heavy atom. The molecule has 0 amide bonds. The van der Waals surface area contributed by atoms with E-state index in [2.05, 4.69) is 71.6 Å². The fourth-order valence-corrected chi connectivity index (χ4v) is 2.50. The fraction of sp³-hybridized carbons (Fsp3) is 0.200. The van der Waals surface area contributed by atoms with Crippen LogP contribution in [-0.4, -0.2) is 11.4 Å². The van der Waals surface area contributed by atoms with E-state index < -0.39 is 0 Å². The molecule has 0 spiro atoms. The Hall–Kier alpha value is -1.28. The summed E-state index contributed by atoms with van der Waals surface area (Å²) in [5, 5.41) is 0. The summed E-state index contributed by atoms with van der Waals surface area (Å²) in [6.07, 6.45) is 4.29. The molecule has 0 aliphatic carbocycles. The number of hydrogen-bond acceptors (Lipinski definition) is 1. The quantitative estimate of drug-likeness (QED) is 0.770. The zero-order valence-corrected chi connectivity index (χ0v) is 11.8. The summed E-state index contributed by atoms with van der Waals surface area (Å²) in [6.45, 7) is 9.32. The van der Waals surface area contributed by atoms with E-state index in [0.717, 1.165) is 16.7 Å². The molecule has 2 heteroatoms. The summed E-state index contributed by atoms with van der Waals surface area (Å²) >= 11 is 3.61. The highest BCUT2D eigenvalue weighted by Gasteiger charge is 2.18. The lowest BCUT2D eigenvalue weighted by atomic mass is 10.0. The van der Waals surface area contributed by atoms with Gasteiger partial charge in [-0.25, -0.2) is 0 Å². The van der Waals surface area contributed by atoms with Crippen molar-refractivity contribution in [1.82, 2.24) is 4.90 Å². The van der Waals surface area contributed by atoms with Crippen LogP contribution >= 0.6 is 15.9 Å². The maximum absolute atomic E-state index is 4.15. The van der Waals surface area contributed by atoms with E-state index in [1.165, 1.54) is 16.8 Å². The molecule has 1 aliphatic rings. The van der Waals surface area contributed by atoms with Gasteiger partial charge in [-0.15, -0.1) is 0 Å². The minimum atomic E-state index is 0.928. The molecule has 1 aromatic rings. The van der Waals surface area contributed by atoms with Crippen LogP contribution in [0.3, 0.4) is 0 Å². The molecule has 0 radical (unpaired) electrons. The molecule has 1 nitrogen and oxygen atoms in total. The van der Waals surface area contributed by atoms with Crippen LogP contribution in [-0.2, 0) is 0 Å². The lowest BCUT2D eigenvalue weighted by Gasteiger charge is -2.31. The summed E-state index contributed by atoms with van der Waals surface area (Å²) in [5.74, 6) is 0. The average Bonchev–Trinajstić information content (AvgIpc) is 2.33. The van der Waals surface area contributed by atoms with Crippen LogP contribution in [0, 0.1) is 0 Å². The molecule has 0 aromatic heterocycles. The largest absolute Gasteiger partial charge is 0.342 e. The molecular weight excluding hydrogens is 274 g/mol. The second-order valence-electron chi connectivity index (χ2n) is 4.07. The first-order valence-corrected chi connectivity index (χ1v) is 6.54. The molecule has 0 saturated heterocycles. The first-order valence-electron chi connectivity index (χ1n) is 5.75. The first-order chi connectivity index (χ1) is 8.15. The number of hydrogen-bond donors (Lipinski definition) is 0. The lowest BCUT2D eigenvalue weighted by molar-refractivity contribution is 0.522. The first kappa shape index (κ1) is 12.2. The van der Waals surface area contributed by atoms with Crippen molar-refractivity contribution in [3.63, 3.8) is 0 Å². The fourth-order valence-electron chi connectivity index (χ4n) is 2.01. The maximum atomic E-state index is 4.15. The summed E-state index contributed by atoms with van der Waals surface area (Å²) in [4.78, 5) is 2.25. The van der Waals surface area contributed by atoms with E-state index in [-0.39, 0.29) is 0 Å². The van der Waals surface area contributed by atoms with Crippen LogP contribution in [0.2, 0.25) is 0 Å². The number of likely N-dealkylation sites (N-methyl/N-ethyl adjacent to an activating group) is 1. The van der Waals surface area contributed by atoms with Gasteiger partial charge in [0.25, 0.3) is 0 Å². The van der Waals surface area contributed by atoms with Crippen molar-refractivity contribution in [1.29, 1.82) is 0 Å². The molecule has 1 heterocycles. The van der Waals surface area contributed by atoms with E-state index >= 15 is 0 Å². The van der Waals surface area contributed by atoms with Gasteiger partial charge in [0, 0.05) is 28.0 Å². The van der Waals surface area contributed by atoms with Gasteiger partial charge in [0.2, 0.25) is 0 Å². The highest BCUT2D eigenvalue weighted by Crippen LogP contribution is 2.33. The van der Waals surface area contributed by atoms with Crippen LogP contribution in [0.4, 0.5) is 0 Å². The Morgan fingerprint density at radius 1 is 1.24 bits per heavy atom. The molecule has 0 atom stereocenters. The second kappa shape index (κ2) is 4.92. The Morgan fingerprint density at radius 2 is 1.94 bits per heavy atom. The number of rotatable bonds is 2. The third-order valence-electron chi connectivity index (χ3n) is 3.03. The van der Waals surface area contributed by atoms with Gasteiger partial charge in [0.15, 0.2) is 0 Å². The van der Waals surface area contributed by atoms with Gasteiger partial charge in [0.05, 0.1) is 0 Å². The molecular formula is C15H16BrN. The Bertz CT molecular complexity index is 511. The molecule has 1 aromatic carbocycles. The number of halogens is 1. The summed E-state index contributed by atoms with van der Waals surface area (Å²) in [6, 6.07) is 8.28. The topological polar surface area (TPSA) is 3.24 Å². The van der Waals surface area contributed by atoms with Crippen molar-refractivity contribution in [3.05, 3.63) is 64.3 Å². The SMILES string of the molecule is C=C1C(C)=CC=C(c2ccccc2Br)N1CC. The van der Waals surface area contributed by atoms with Crippen LogP contribution in [0.15, 0.2) is 58.7 Å². The predicted molar refractivity (Wildman–Crippen MR) is 77.4 cm³/mol. The molecule has 0 unspecified atom stereocenters. The molecule has 88 valence electrons. The third kappa shape index (κ3) is 2.22. The third-order valence-corrected chi connectivity index (χ3v) is 3.72. The van der Waals surface area contributed by atoms with E-state index in [9.17, 15) is 0 Å². The van der Waals surface area contributed by atoms with Gasteiger partial charge in [-0.3, -0.25) is 0 Å². The van der Waals surface area contributed by atoms with E-state index in [4.69, 9.17) is 0 Å². The average molecular weight is 290 g/mol. The van der Waals surface area contributed by atoms with Crippen LogP contribution in [0.5, 0.6) is 0 Å². The monoisotopic (exact) mass is 289 g/mol. The van der Waals surface area contributed by atoms with Gasteiger partial charge in [-0.05, 0) is 31.6 Å². The molecule has 0 bridgehead atoms. The Balaban J connectivity index is 2.51. The summed E-state index contributed by atoms with van der Waals surface area (Å²) in [7, 11) is 0. The minimum absolute atomic E-state index is 0.928. The number of benzene rings is 1. The smallest absolute Gasteiger partial charge is 0.0495 e. The molecule has 17 heavy (non-hydrogen) atoms. The Labute approximate surface area is 111 Å². The van der Waals surface area contributed by atoms with Gasteiger partial charge in [-0.2, -0.15) is 0 Å². The molecule has 0 fully saturated rings. The minimum Gasteiger partial charge on any atom is -0.342 e. The highest BCUT2D eigenvalue weighted by molar-refractivity contribution is 9.10. The van der Waals surface area contributed by atoms with Crippen LogP contribution in [0.25, 0.3) is 5.70 Å². The maximum Gasteiger partial charge on any atom is 0.0495 e. The molecule has 2 rings (SSSR count). The zero-order valence-electron chi connectivity index (χ0n) is 10.2. The zero-order chi connectivity index (χ0) is 12.4. The van der Waals surface area contributed by atoms with E-state index in [1.807, 2.05) is 6.07 Å². The van der Waals surface area contributed by atoms with Gasteiger partial charge < -0.3 is 4.90 Å². The van der Waals surface area contributed by atoms with Gasteiger partial charge in [0.1, 0.15) is 0 Å². The highest BCUT2D eigenvalue weighted by atomic mass is 79.9. The van der Waals surface area contributed by atoms with E-state index in [0.29, 0.717) is 0 Å². The van der Waals surface area contributed by atoms with Gasteiger partial charge >= 0.3 is 0 Å². The summed E-state index contributed by atoms with van der Waals surface area (Å²) < 4.78 is 1.12. The van der Waals surface area contributed by atoms with Crippen molar-refractivity contribution in [2.45, 2.75) is 13.8 Å². The van der Waals surface area contributed by atoms with Gasteiger partial charge in [-0.1, -0.05) is 46.8 Å². The number of allylic oxidation sites excluding steroid dienone is 3.